The van der Waals surface area contributed by atoms with E-state index in [1.807, 2.05) is 18.7 Å². The number of carbonyl (C=O) groups is 1. The maximum atomic E-state index is 12.5. The zero-order chi connectivity index (χ0) is 16.6. The molecule has 124 valence electrons. The van der Waals surface area contributed by atoms with Gasteiger partial charge in [-0.1, -0.05) is 43.7 Å². The topological polar surface area (TPSA) is 29.5 Å². The third kappa shape index (κ3) is 6.61. The Hall–Kier alpha value is -1.35. The molecule has 0 aliphatic rings. The van der Waals surface area contributed by atoms with Crippen LogP contribution in [0.4, 0.5) is 0 Å². The number of amides is 1. The van der Waals surface area contributed by atoms with Crippen LogP contribution in [-0.2, 0) is 16.0 Å². The number of aryl methyl sites for hydroxylation is 2. The molecule has 0 fully saturated rings. The van der Waals surface area contributed by atoms with E-state index in [9.17, 15) is 4.79 Å². The first kappa shape index (κ1) is 18.7. The standard InChI is InChI=1S/C19H31NO2/c1-6-20(14-19(4,5)15-22-7-2)18(21)13-12-17-10-8-16(3)9-11-17/h8-11H,6-7,12-15H2,1-5H3. The van der Waals surface area contributed by atoms with E-state index >= 15 is 0 Å². The second-order valence-corrected chi connectivity index (χ2v) is 6.69. The Kier molecular flexibility index (Phi) is 7.60. The predicted octanol–water partition coefficient (Wildman–Crippen LogP) is 3.84. The largest absolute Gasteiger partial charge is 0.381 e. The van der Waals surface area contributed by atoms with Gasteiger partial charge in [-0.3, -0.25) is 4.79 Å². The number of benzene rings is 1. The van der Waals surface area contributed by atoms with Gasteiger partial charge in [0.2, 0.25) is 5.91 Å². The van der Waals surface area contributed by atoms with Gasteiger partial charge in [0.15, 0.2) is 0 Å². The van der Waals surface area contributed by atoms with Crippen LogP contribution in [0.15, 0.2) is 24.3 Å². The SMILES string of the molecule is CCOCC(C)(C)CN(CC)C(=O)CCc1ccc(C)cc1. The molecule has 0 saturated heterocycles. The predicted molar refractivity (Wildman–Crippen MR) is 92.0 cm³/mol. The van der Waals surface area contributed by atoms with Gasteiger partial charge in [-0.2, -0.15) is 0 Å². The highest BCUT2D eigenvalue weighted by Crippen LogP contribution is 2.18. The molecule has 3 heteroatoms. The maximum absolute atomic E-state index is 12.5. The van der Waals surface area contributed by atoms with E-state index in [-0.39, 0.29) is 11.3 Å². The molecule has 0 atom stereocenters. The summed E-state index contributed by atoms with van der Waals surface area (Å²) in [6.07, 6.45) is 1.38. The summed E-state index contributed by atoms with van der Waals surface area (Å²) in [7, 11) is 0. The van der Waals surface area contributed by atoms with E-state index in [1.54, 1.807) is 0 Å². The zero-order valence-electron chi connectivity index (χ0n) is 14.8. The highest BCUT2D eigenvalue weighted by Gasteiger charge is 2.24. The minimum atomic E-state index is -0.00839. The number of rotatable bonds is 9. The molecule has 1 aromatic carbocycles. The van der Waals surface area contributed by atoms with E-state index in [0.29, 0.717) is 13.0 Å². The molecule has 0 heterocycles. The van der Waals surface area contributed by atoms with Gasteiger partial charge >= 0.3 is 0 Å². The lowest BCUT2D eigenvalue weighted by Gasteiger charge is -2.32. The summed E-state index contributed by atoms with van der Waals surface area (Å²) in [5.74, 6) is 0.229. The molecule has 3 nitrogen and oxygen atoms in total. The van der Waals surface area contributed by atoms with E-state index in [4.69, 9.17) is 4.74 Å². The van der Waals surface area contributed by atoms with Gasteiger partial charge in [-0.15, -0.1) is 0 Å². The molecule has 0 bridgehead atoms. The minimum Gasteiger partial charge on any atom is -0.381 e. The molecule has 1 rings (SSSR count). The van der Waals surface area contributed by atoms with Crippen LogP contribution in [0.2, 0.25) is 0 Å². The minimum absolute atomic E-state index is 0.00839. The van der Waals surface area contributed by atoms with Gasteiger partial charge in [0.1, 0.15) is 0 Å². The summed E-state index contributed by atoms with van der Waals surface area (Å²) in [4.78, 5) is 14.4. The van der Waals surface area contributed by atoms with Gasteiger partial charge in [-0.05, 0) is 32.8 Å². The third-order valence-electron chi connectivity index (χ3n) is 3.80. The zero-order valence-corrected chi connectivity index (χ0v) is 14.8. The van der Waals surface area contributed by atoms with E-state index in [2.05, 4.69) is 45.0 Å². The molecule has 1 amide bonds. The molecule has 22 heavy (non-hydrogen) atoms. The van der Waals surface area contributed by atoms with Crippen molar-refractivity contribution in [2.24, 2.45) is 5.41 Å². The van der Waals surface area contributed by atoms with Crippen molar-refractivity contribution in [3.05, 3.63) is 35.4 Å². The molecule has 0 aliphatic heterocycles. The van der Waals surface area contributed by atoms with Crippen LogP contribution >= 0.6 is 0 Å². The highest BCUT2D eigenvalue weighted by atomic mass is 16.5. The van der Waals surface area contributed by atoms with E-state index in [1.165, 1.54) is 11.1 Å². The van der Waals surface area contributed by atoms with Crippen LogP contribution < -0.4 is 0 Å². The Bertz CT molecular complexity index is 451. The number of carbonyl (C=O) groups excluding carboxylic acids is 1. The summed E-state index contributed by atoms with van der Waals surface area (Å²) in [6, 6.07) is 8.42. The fraction of sp³-hybridized carbons (Fsp3) is 0.632. The number of nitrogens with zero attached hydrogens (tertiary/aromatic N) is 1. The van der Waals surface area contributed by atoms with Gasteiger partial charge in [0, 0.05) is 31.5 Å². The summed E-state index contributed by atoms with van der Waals surface area (Å²) < 4.78 is 5.53. The molecule has 0 spiro atoms. The fourth-order valence-corrected chi connectivity index (χ4v) is 2.48. The van der Waals surface area contributed by atoms with Crippen molar-refractivity contribution in [1.29, 1.82) is 0 Å². The van der Waals surface area contributed by atoms with Gasteiger partial charge in [-0.25, -0.2) is 0 Å². The van der Waals surface area contributed by atoms with Crippen LogP contribution in [-0.4, -0.2) is 37.1 Å². The maximum Gasteiger partial charge on any atom is 0.222 e. The number of hydrogen-bond acceptors (Lipinski definition) is 2. The third-order valence-corrected chi connectivity index (χ3v) is 3.80. The normalized spacial score (nSPS) is 11.5. The van der Waals surface area contributed by atoms with Crippen molar-refractivity contribution in [2.75, 3.05) is 26.3 Å². The Morgan fingerprint density at radius 1 is 1.18 bits per heavy atom. The first-order chi connectivity index (χ1) is 10.4. The van der Waals surface area contributed by atoms with Crippen molar-refractivity contribution in [2.45, 2.75) is 47.5 Å². The molecule has 1 aromatic rings. The van der Waals surface area contributed by atoms with Crippen molar-refractivity contribution in [3.8, 4) is 0 Å². The van der Waals surface area contributed by atoms with E-state index < -0.39 is 0 Å². The summed E-state index contributed by atoms with van der Waals surface area (Å²) in [5, 5.41) is 0. The van der Waals surface area contributed by atoms with E-state index in [0.717, 1.165) is 26.1 Å². The van der Waals surface area contributed by atoms with Crippen molar-refractivity contribution in [1.82, 2.24) is 4.90 Å². The quantitative estimate of drug-likeness (QED) is 0.694. The smallest absolute Gasteiger partial charge is 0.222 e. The fourth-order valence-electron chi connectivity index (χ4n) is 2.48. The monoisotopic (exact) mass is 305 g/mol. The van der Waals surface area contributed by atoms with Gasteiger partial charge in [0.25, 0.3) is 0 Å². The van der Waals surface area contributed by atoms with Gasteiger partial charge in [0.05, 0.1) is 6.61 Å². The molecule has 0 aliphatic carbocycles. The first-order valence-corrected chi connectivity index (χ1v) is 8.29. The van der Waals surface area contributed by atoms with Crippen LogP contribution in [0, 0.1) is 12.3 Å². The summed E-state index contributed by atoms with van der Waals surface area (Å²) in [6.45, 7) is 13.3. The number of ether oxygens (including phenoxy) is 1. The summed E-state index contributed by atoms with van der Waals surface area (Å²) >= 11 is 0. The Morgan fingerprint density at radius 2 is 1.82 bits per heavy atom. The van der Waals surface area contributed by atoms with Crippen molar-refractivity contribution in [3.63, 3.8) is 0 Å². The van der Waals surface area contributed by atoms with Crippen LogP contribution in [0.5, 0.6) is 0 Å². The van der Waals surface area contributed by atoms with Crippen molar-refractivity contribution < 1.29 is 9.53 Å². The van der Waals surface area contributed by atoms with Crippen molar-refractivity contribution >= 4 is 5.91 Å². The molecule has 0 N–H and O–H groups in total. The Labute approximate surface area is 135 Å². The lowest BCUT2D eigenvalue weighted by molar-refractivity contribution is -0.132. The average Bonchev–Trinajstić information content (AvgIpc) is 2.50. The van der Waals surface area contributed by atoms with Crippen LogP contribution in [0.3, 0.4) is 0 Å². The molecule has 0 saturated carbocycles. The first-order valence-electron chi connectivity index (χ1n) is 8.29. The average molecular weight is 305 g/mol. The van der Waals surface area contributed by atoms with Gasteiger partial charge < -0.3 is 9.64 Å². The molecule has 0 aromatic heterocycles. The highest BCUT2D eigenvalue weighted by molar-refractivity contribution is 5.76. The molecule has 0 unspecified atom stereocenters. The second kappa shape index (κ2) is 8.94. The second-order valence-electron chi connectivity index (χ2n) is 6.69. The lowest BCUT2D eigenvalue weighted by Crippen LogP contribution is -2.40. The van der Waals surface area contributed by atoms with Crippen LogP contribution in [0.1, 0.15) is 45.2 Å². The molecular weight excluding hydrogens is 274 g/mol. The Balaban J connectivity index is 2.51. The molecular formula is C19H31NO2. The lowest BCUT2D eigenvalue weighted by atomic mass is 9.93. The Morgan fingerprint density at radius 3 is 2.36 bits per heavy atom. The summed E-state index contributed by atoms with van der Waals surface area (Å²) in [5.41, 5.74) is 2.47. The van der Waals surface area contributed by atoms with Crippen LogP contribution in [0.25, 0.3) is 0 Å². The number of hydrogen-bond donors (Lipinski definition) is 0. The molecule has 0 radical (unpaired) electrons.